The van der Waals surface area contributed by atoms with E-state index in [0.29, 0.717) is 6.54 Å². The summed E-state index contributed by atoms with van der Waals surface area (Å²) in [5, 5.41) is 15.0. The summed E-state index contributed by atoms with van der Waals surface area (Å²) in [6, 6.07) is 14.6. The van der Waals surface area contributed by atoms with Gasteiger partial charge in [0.05, 0.1) is 7.11 Å². The van der Waals surface area contributed by atoms with Crippen molar-refractivity contribution in [3.63, 3.8) is 0 Å². The van der Waals surface area contributed by atoms with Crippen LogP contribution >= 0.6 is 0 Å². The van der Waals surface area contributed by atoms with E-state index in [2.05, 4.69) is 10.6 Å². The molecule has 2 amide bonds. The monoisotopic (exact) mass is 328 g/mol. The molecule has 128 valence electrons. The Morgan fingerprint density at radius 1 is 1.17 bits per heavy atom. The fourth-order valence-corrected chi connectivity index (χ4v) is 2.42. The maximum Gasteiger partial charge on any atom is 0.315 e. The van der Waals surface area contributed by atoms with Gasteiger partial charge in [0.15, 0.2) is 0 Å². The molecule has 0 aliphatic heterocycles. The number of para-hydroxylation sites is 1. The van der Waals surface area contributed by atoms with E-state index in [1.165, 1.54) is 0 Å². The minimum Gasteiger partial charge on any atom is -0.508 e. The van der Waals surface area contributed by atoms with Gasteiger partial charge < -0.3 is 20.5 Å². The van der Waals surface area contributed by atoms with Crippen molar-refractivity contribution < 1.29 is 14.6 Å². The number of hydrogen-bond acceptors (Lipinski definition) is 3. The van der Waals surface area contributed by atoms with Crippen LogP contribution in [0.15, 0.2) is 48.5 Å². The van der Waals surface area contributed by atoms with Crippen LogP contribution in [0.2, 0.25) is 0 Å². The lowest BCUT2D eigenvalue weighted by Crippen LogP contribution is -2.40. The number of nitrogens with one attached hydrogen (secondary N) is 2. The third-order valence-corrected chi connectivity index (χ3v) is 3.81. The average molecular weight is 328 g/mol. The lowest BCUT2D eigenvalue weighted by atomic mass is 10.1. The highest BCUT2D eigenvalue weighted by Gasteiger charge is 2.08. The van der Waals surface area contributed by atoms with E-state index >= 15 is 0 Å². The second kappa shape index (κ2) is 8.82. The van der Waals surface area contributed by atoms with Gasteiger partial charge in [-0.2, -0.15) is 0 Å². The topological polar surface area (TPSA) is 70.6 Å². The van der Waals surface area contributed by atoms with Gasteiger partial charge in [-0.05, 0) is 43.5 Å². The first-order chi connectivity index (χ1) is 11.6. The van der Waals surface area contributed by atoms with Crippen LogP contribution in [0.1, 0.15) is 24.5 Å². The molecule has 1 atom stereocenters. The maximum atomic E-state index is 12.0. The Labute approximate surface area is 142 Å². The Balaban J connectivity index is 1.74. The van der Waals surface area contributed by atoms with Crippen molar-refractivity contribution in [1.29, 1.82) is 0 Å². The second-order valence-corrected chi connectivity index (χ2v) is 5.75. The Hall–Kier alpha value is -2.69. The highest BCUT2D eigenvalue weighted by atomic mass is 16.5. The van der Waals surface area contributed by atoms with Gasteiger partial charge in [0.1, 0.15) is 11.5 Å². The molecule has 0 aliphatic rings. The quantitative estimate of drug-likeness (QED) is 0.731. The predicted molar refractivity (Wildman–Crippen MR) is 94.3 cm³/mol. The number of rotatable bonds is 7. The smallest absolute Gasteiger partial charge is 0.315 e. The molecule has 0 bridgehead atoms. The Morgan fingerprint density at radius 2 is 1.88 bits per heavy atom. The number of aromatic hydroxyl groups is 1. The number of ether oxygens (including phenoxy) is 1. The number of urea groups is 1. The third kappa shape index (κ3) is 5.50. The molecule has 0 fully saturated rings. The first kappa shape index (κ1) is 17.7. The fourth-order valence-electron chi connectivity index (χ4n) is 2.42. The lowest BCUT2D eigenvalue weighted by molar-refractivity contribution is 0.236. The molecule has 0 saturated heterocycles. The predicted octanol–water partition coefficient (Wildman–Crippen LogP) is 3.22. The molecule has 0 spiro atoms. The molecule has 0 heterocycles. The van der Waals surface area contributed by atoms with Gasteiger partial charge in [-0.3, -0.25) is 0 Å². The highest BCUT2D eigenvalue weighted by Crippen LogP contribution is 2.16. The molecule has 0 saturated carbocycles. The van der Waals surface area contributed by atoms with Crippen LogP contribution in [-0.2, 0) is 13.0 Å². The van der Waals surface area contributed by atoms with Crippen molar-refractivity contribution >= 4 is 6.03 Å². The van der Waals surface area contributed by atoms with Crippen LogP contribution in [-0.4, -0.2) is 24.3 Å². The molecular weight excluding hydrogens is 304 g/mol. The zero-order chi connectivity index (χ0) is 17.4. The number of amides is 2. The zero-order valence-corrected chi connectivity index (χ0v) is 14.1. The summed E-state index contributed by atoms with van der Waals surface area (Å²) in [5.74, 6) is 1.03. The van der Waals surface area contributed by atoms with E-state index in [1.807, 2.05) is 43.3 Å². The molecule has 0 aliphatic carbocycles. The minimum absolute atomic E-state index is 0.0523. The average Bonchev–Trinajstić information content (AvgIpc) is 2.59. The number of aryl methyl sites for hydroxylation is 1. The number of phenols is 1. The normalized spacial score (nSPS) is 11.6. The molecule has 5 heteroatoms. The summed E-state index contributed by atoms with van der Waals surface area (Å²) >= 11 is 0. The van der Waals surface area contributed by atoms with Crippen molar-refractivity contribution in [3.8, 4) is 11.5 Å². The van der Waals surface area contributed by atoms with Crippen molar-refractivity contribution in [3.05, 3.63) is 59.7 Å². The third-order valence-electron chi connectivity index (χ3n) is 3.81. The van der Waals surface area contributed by atoms with Crippen molar-refractivity contribution in [1.82, 2.24) is 10.6 Å². The van der Waals surface area contributed by atoms with Crippen LogP contribution in [0, 0.1) is 0 Å². The first-order valence-electron chi connectivity index (χ1n) is 8.02. The van der Waals surface area contributed by atoms with Crippen LogP contribution in [0.3, 0.4) is 0 Å². The van der Waals surface area contributed by atoms with E-state index in [4.69, 9.17) is 4.74 Å². The molecule has 0 aromatic heterocycles. The van der Waals surface area contributed by atoms with Crippen molar-refractivity contribution in [2.24, 2.45) is 0 Å². The maximum absolute atomic E-state index is 12.0. The SMILES string of the molecule is COc1ccccc1CNC(=O)NC(C)CCc1ccc(O)cc1. The molecule has 24 heavy (non-hydrogen) atoms. The van der Waals surface area contributed by atoms with Gasteiger partial charge in [0.2, 0.25) is 0 Å². The summed E-state index contributed by atoms with van der Waals surface area (Å²) in [5.41, 5.74) is 2.07. The summed E-state index contributed by atoms with van der Waals surface area (Å²) < 4.78 is 5.27. The van der Waals surface area contributed by atoms with Gasteiger partial charge in [-0.15, -0.1) is 0 Å². The molecular formula is C19H24N2O3. The Kier molecular flexibility index (Phi) is 6.49. The first-order valence-corrected chi connectivity index (χ1v) is 8.02. The molecule has 5 nitrogen and oxygen atoms in total. The van der Waals surface area contributed by atoms with Gasteiger partial charge in [-0.25, -0.2) is 4.79 Å². The van der Waals surface area contributed by atoms with E-state index < -0.39 is 0 Å². The molecule has 3 N–H and O–H groups in total. The number of carbonyl (C=O) groups is 1. The van der Waals surface area contributed by atoms with E-state index in [-0.39, 0.29) is 17.8 Å². The summed E-state index contributed by atoms with van der Waals surface area (Å²) in [7, 11) is 1.62. The molecule has 2 aromatic carbocycles. The van der Waals surface area contributed by atoms with Crippen molar-refractivity contribution in [2.75, 3.05) is 7.11 Å². The Bertz CT molecular complexity index is 656. The number of phenolic OH excluding ortho intramolecular Hbond substituents is 1. The standard InChI is InChI=1S/C19H24N2O3/c1-14(7-8-15-9-11-17(22)12-10-15)21-19(23)20-13-16-5-3-4-6-18(16)24-2/h3-6,9-12,14,22H,7-8,13H2,1-2H3,(H2,20,21,23). The summed E-state index contributed by atoms with van der Waals surface area (Å²) in [6.45, 7) is 2.39. The van der Waals surface area contributed by atoms with E-state index in [0.717, 1.165) is 29.7 Å². The van der Waals surface area contributed by atoms with Crippen LogP contribution < -0.4 is 15.4 Å². The lowest BCUT2D eigenvalue weighted by Gasteiger charge is -2.15. The van der Waals surface area contributed by atoms with Crippen LogP contribution in [0.4, 0.5) is 4.79 Å². The second-order valence-electron chi connectivity index (χ2n) is 5.75. The van der Waals surface area contributed by atoms with Gasteiger partial charge >= 0.3 is 6.03 Å². The largest absolute Gasteiger partial charge is 0.508 e. The molecule has 2 rings (SSSR count). The number of carbonyl (C=O) groups excluding carboxylic acids is 1. The number of benzene rings is 2. The van der Waals surface area contributed by atoms with Gasteiger partial charge in [0.25, 0.3) is 0 Å². The fraction of sp³-hybridized carbons (Fsp3) is 0.316. The Morgan fingerprint density at radius 3 is 2.58 bits per heavy atom. The molecule has 1 unspecified atom stereocenters. The number of methoxy groups -OCH3 is 1. The number of hydrogen-bond donors (Lipinski definition) is 3. The minimum atomic E-state index is -0.195. The summed E-state index contributed by atoms with van der Waals surface area (Å²) in [4.78, 5) is 12.0. The van der Waals surface area contributed by atoms with Crippen molar-refractivity contribution in [2.45, 2.75) is 32.4 Å². The highest BCUT2D eigenvalue weighted by molar-refractivity contribution is 5.74. The molecule has 0 radical (unpaired) electrons. The van der Waals surface area contributed by atoms with Crippen LogP contribution in [0.5, 0.6) is 11.5 Å². The molecule has 2 aromatic rings. The van der Waals surface area contributed by atoms with E-state index in [9.17, 15) is 9.90 Å². The van der Waals surface area contributed by atoms with Gasteiger partial charge in [0, 0.05) is 18.2 Å². The summed E-state index contributed by atoms with van der Waals surface area (Å²) in [6.07, 6.45) is 1.67. The zero-order valence-electron chi connectivity index (χ0n) is 14.1. The van der Waals surface area contributed by atoms with Crippen LogP contribution in [0.25, 0.3) is 0 Å². The van der Waals surface area contributed by atoms with Gasteiger partial charge in [-0.1, -0.05) is 30.3 Å². The van der Waals surface area contributed by atoms with E-state index in [1.54, 1.807) is 19.2 Å².